The molecule has 0 amide bonds. The molecule has 0 heterocycles. The summed E-state index contributed by atoms with van der Waals surface area (Å²) in [6.45, 7) is 6.40. The highest BCUT2D eigenvalue weighted by Gasteiger charge is 2.19. The van der Waals surface area contributed by atoms with Crippen molar-refractivity contribution in [3.05, 3.63) is 134 Å². The van der Waals surface area contributed by atoms with E-state index in [0.717, 1.165) is 161 Å². The number of carbonyl (C=O) groups excluding carboxylic acids is 3. The van der Waals surface area contributed by atoms with Gasteiger partial charge in [0.25, 0.3) is 0 Å². The molecular weight excluding hydrogens is 961 g/mol. The number of hydrogen-bond donors (Lipinski definition) is 0. The number of unbranched alkanes of at least 4 members (excludes halogenated alkanes) is 24. The van der Waals surface area contributed by atoms with Crippen molar-refractivity contribution in [2.75, 3.05) is 13.2 Å². The standard InChI is InChI=1S/C72H118O6/c1-4-7-10-13-16-19-22-25-27-28-29-30-31-32-33-34-35-36-37-38-39-40-41-42-43-44-45-48-50-53-56-59-62-65-71(74)77-68-69(67-76-70(73)64-61-58-55-52-49-46-24-21-18-15-12-9-6-3)78-72(75)66-63-60-57-54-51-47-26-23-20-17-14-11-8-5-2/h7,10,12,14-17,19,21,23-27,29-30,32-33,35-36,38-39,69H,4-6,8-9,11,13,18,20,22,28,31,34,37,40-68H2,1-3H3/b10-7-,15-12-,17-14-,19-16-,24-21-,26-23-,27-25-,30-29-,33-32-,36-35-,39-38-. The average molecular weight is 1080 g/mol. The van der Waals surface area contributed by atoms with Gasteiger partial charge in [0.15, 0.2) is 6.10 Å². The summed E-state index contributed by atoms with van der Waals surface area (Å²) < 4.78 is 16.9. The van der Waals surface area contributed by atoms with E-state index in [1.165, 1.54) is 83.5 Å². The predicted molar refractivity (Wildman–Crippen MR) is 339 cm³/mol. The molecule has 0 spiro atoms. The lowest BCUT2D eigenvalue weighted by molar-refractivity contribution is -0.167. The van der Waals surface area contributed by atoms with Crippen molar-refractivity contribution < 1.29 is 28.6 Å². The van der Waals surface area contributed by atoms with Crippen molar-refractivity contribution >= 4 is 17.9 Å². The topological polar surface area (TPSA) is 78.9 Å². The van der Waals surface area contributed by atoms with Crippen LogP contribution in [0.1, 0.15) is 284 Å². The van der Waals surface area contributed by atoms with Gasteiger partial charge in [0.1, 0.15) is 13.2 Å². The average Bonchev–Trinajstić information content (AvgIpc) is 3.44. The molecule has 0 aliphatic rings. The Morgan fingerprint density at radius 2 is 0.526 bits per heavy atom. The van der Waals surface area contributed by atoms with Gasteiger partial charge in [-0.3, -0.25) is 14.4 Å². The molecule has 1 atom stereocenters. The molecule has 1 unspecified atom stereocenters. The van der Waals surface area contributed by atoms with Crippen LogP contribution in [0.4, 0.5) is 0 Å². The van der Waals surface area contributed by atoms with E-state index in [1.54, 1.807) is 0 Å². The summed E-state index contributed by atoms with van der Waals surface area (Å²) in [4.78, 5) is 38.2. The molecule has 78 heavy (non-hydrogen) atoms. The Morgan fingerprint density at radius 1 is 0.269 bits per heavy atom. The summed E-state index contributed by atoms with van der Waals surface area (Å²) in [6, 6.07) is 0. The number of hydrogen-bond acceptors (Lipinski definition) is 6. The summed E-state index contributed by atoms with van der Waals surface area (Å²) in [6.07, 6.45) is 91.8. The summed E-state index contributed by atoms with van der Waals surface area (Å²) in [7, 11) is 0. The Labute approximate surface area is 481 Å². The van der Waals surface area contributed by atoms with Gasteiger partial charge in [0.05, 0.1) is 0 Å². The molecular formula is C72H118O6. The van der Waals surface area contributed by atoms with E-state index >= 15 is 0 Å². The van der Waals surface area contributed by atoms with Gasteiger partial charge in [-0.25, -0.2) is 0 Å². The van der Waals surface area contributed by atoms with Crippen LogP contribution in [-0.2, 0) is 28.6 Å². The molecule has 6 heteroatoms. The lowest BCUT2D eigenvalue weighted by Gasteiger charge is -2.18. The highest BCUT2D eigenvalue weighted by molar-refractivity contribution is 5.71. The lowest BCUT2D eigenvalue weighted by Crippen LogP contribution is -2.30. The third-order valence-corrected chi connectivity index (χ3v) is 13.3. The first-order valence-corrected chi connectivity index (χ1v) is 32.2. The first kappa shape index (κ1) is 73.5. The van der Waals surface area contributed by atoms with Crippen LogP contribution < -0.4 is 0 Å². The van der Waals surface area contributed by atoms with E-state index in [0.29, 0.717) is 19.3 Å². The SMILES string of the molecule is CC/C=C\C/C=C\C/C=C\C/C=C\C/C=C\C/C=C\C/C=C\CCCCCCCCCCCCCC(=O)OCC(COC(=O)CCCCCCC/C=C\C/C=C\CCC)OC(=O)CCCCCCC/C=C\C/C=C\CCCC. The fraction of sp³-hybridized carbons (Fsp3) is 0.653. The molecule has 0 saturated carbocycles. The monoisotopic (exact) mass is 1080 g/mol. The summed E-state index contributed by atoms with van der Waals surface area (Å²) in [5, 5.41) is 0. The van der Waals surface area contributed by atoms with Crippen molar-refractivity contribution in [2.45, 2.75) is 290 Å². The molecule has 6 nitrogen and oxygen atoms in total. The third-order valence-electron chi connectivity index (χ3n) is 13.3. The maximum Gasteiger partial charge on any atom is 0.306 e. The smallest absolute Gasteiger partial charge is 0.306 e. The molecule has 0 aromatic rings. The largest absolute Gasteiger partial charge is 0.462 e. The van der Waals surface area contributed by atoms with E-state index < -0.39 is 6.10 Å². The fourth-order valence-corrected chi connectivity index (χ4v) is 8.54. The van der Waals surface area contributed by atoms with Crippen LogP contribution in [0, 0.1) is 0 Å². The van der Waals surface area contributed by atoms with Crippen LogP contribution in [0.2, 0.25) is 0 Å². The van der Waals surface area contributed by atoms with Crippen molar-refractivity contribution in [1.82, 2.24) is 0 Å². The first-order valence-electron chi connectivity index (χ1n) is 32.2. The highest BCUT2D eigenvalue weighted by Crippen LogP contribution is 2.15. The van der Waals surface area contributed by atoms with E-state index in [1.807, 2.05) is 0 Å². The zero-order chi connectivity index (χ0) is 56.4. The molecule has 442 valence electrons. The molecule has 0 radical (unpaired) electrons. The van der Waals surface area contributed by atoms with Crippen LogP contribution in [0.5, 0.6) is 0 Å². The summed E-state index contributed by atoms with van der Waals surface area (Å²) >= 11 is 0. The van der Waals surface area contributed by atoms with Crippen molar-refractivity contribution in [1.29, 1.82) is 0 Å². The van der Waals surface area contributed by atoms with Crippen LogP contribution in [0.3, 0.4) is 0 Å². The van der Waals surface area contributed by atoms with Gasteiger partial charge in [-0.1, -0.05) is 270 Å². The minimum Gasteiger partial charge on any atom is -0.462 e. The number of carbonyl (C=O) groups is 3. The predicted octanol–water partition coefficient (Wildman–Crippen LogP) is 22.2. The Hall–Kier alpha value is -4.45. The zero-order valence-electron chi connectivity index (χ0n) is 50.6. The molecule has 0 bridgehead atoms. The molecule has 0 aromatic heterocycles. The quantitative estimate of drug-likeness (QED) is 0.0261. The van der Waals surface area contributed by atoms with Gasteiger partial charge in [-0.15, -0.1) is 0 Å². The Bertz CT molecular complexity index is 1670. The molecule has 0 aromatic carbocycles. The van der Waals surface area contributed by atoms with Gasteiger partial charge in [0, 0.05) is 19.3 Å². The third kappa shape index (κ3) is 62.4. The summed E-state index contributed by atoms with van der Waals surface area (Å²) in [5.41, 5.74) is 0. The molecule has 0 aliphatic carbocycles. The van der Waals surface area contributed by atoms with E-state index in [4.69, 9.17) is 14.2 Å². The Balaban J connectivity index is 4.23. The normalized spacial score (nSPS) is 13.0. The maximum absolute atomic E-state index is 12.9. The van der Waals surface area contributed by atoms with Gasteiger partial charge < -0.3 is 14.2 Å². The molecule has 0 aliphatic heterocycles. The van der Waals surface area contributed by atoms with Gasteiger partial charge in [-0.2, -0.15) is 0 Å². The summed E-state index contributed by atoms with van der Waals surface area (Å²) in [5.74, 6) is -0.922. The Kier molecular flexibility index (Phi) is 61.4. The molecule has 0 fully saturated rings. The van der Waals surface area contributed by atoms with Gasteiger partial charge in [0.2, 0.25) is 0 Å². The van der Waals surface area contributed by atoms with Crippen LogP contribution in [0.15, 0.2) is 134 Å². The fourth-order valence-electron chi connectivity index (χ4n) is 8.54. The first-order chi connectivity index (χ1) is 38.5. The molecule has 0 N–H and O–H groups in total. The number of allylic oxidation sites excluding steroid dienone is 22. The lowest BCUT2D eigenvalue weighted by atomic mass is 10.0. The number of ether oxygens (including phenoxy) is 3. The minimum absolute atomic E-state index is 0.0921. The van der Waals surface area contributed by atoms with Crippen LogP contribution in [0.25, 0.3) is 0 Å². The highest BCUT2D eigenvalue weighted by atomic mass is 16.6. The van der Waals surface area contributed by atoms with E-state index in [2.05, 4.69) is 154 Å². The Morgan fingerprint density at radius 3 is 0.833 bits per heavy atom. The van der Waals surface area contributed by atoms with Crippen LogP contribution >= 0.6 is 0 Å². The number of esters is 3. The minimum atomic E-state index is -0.796. The van der Waals surface area contributed by atoms with Gasteiger partial charge >= 0.3 is 17.9 Å². The van der Waals surface area contributed by atoms with Crippen LogP contribution in [-0.4, -0.2) is 37.2 Å². The maximum atomic E-state index is 12.9. The van der Waals surface area contributed by atoms with Crippen molar-refractivity contribution in [2.24, 2.45) is 0 Å². The second-order valence-corrected chi connectivity index (χ2v) is 20.9. The van der Waals surface area contributed by atoms with E-state index in [9.17, 15) is 14.4 Å². The zero-order valence-corrected chi connectivity index (χ0v) is 50.6. The molecule has 0 rings (SSSR count). The van der Waals surface area contributed by atoms with E-state index in [-0.39, 0.29) is 31.1 Å². The number of rotatable bonds is 57. The second-order valence-electron chi connectivity index (χ2n) is 20.9. The van der Waals surface area contributed by atoms with Crippen molar-refractivity contribution in [3.63, 3.8) is 0 Å². The second kappa shape index (κ2) is 65.1. The van der Waals surface area contributed by atoms with Gasteiger partial charge in [-0.05, 0) is 128 Å². The van der Waals surface area contributed by atoms with Crippen molar-refractivity contribution in [3.8, 4) is 0 Å². The molecule has 0 saturated heterocycles.